The van der Waals surface area contributed by atoms with Crippen molar-refractivity contribution in [2.75, 3.05) is 6.54 Å². The number of nitrogens with one attached hydrogen (secondary N) is 2. The lowest BCUT2D eigenvalue weighted by Gasteiger charge is -2.35. The smallest absolute Gasteiger partial charge is 0.246 e. The van der Waals surface area contributed by atoms with Crippen LogP contribution in [-0.4, -0.2) is 46.2 Å². The summed E-state index contributed by atoms with van der Waals surface area (Å²) in [4.78, 5) is 43.5. The second-order valence-corrected chi connectivity index (χ2v) is 9.37. The molecular formula is C24H32N4O4. The maximum absolute atomic E-state index is 13.2. The third-order valence-corrected chi connectivity index (χ3v) is 5.73. The number of benzene rings is 1. The molecule has 8 nitrogen and oxygen atoms in total. The van der Waals surface area contributed by atoms with E-state index < -0.39 is 17.5 Å². The molecule has 172 valence electrons. The largest absolute Gasteiger partial charge is 0.443 e. The van der Waals surface area contributed by atoms with E-state index in [0.29, 0.717) is 19.5 Å². The molecule has 2 atom stereocenters. The molecule has 3 rings (SSSR count). The van der Waals surface area contributed by atoms with E-state index in [0.717, 1.165) is 29.0 Å². The molecule has 2 heterocycles. The fourth-order valence-corrected chi connectivity index (χ4v) is 3.98. The average Bonchev–Trinajstić information content (AvgIpc) is 3.38. The summed E-state index contributed by atoms with van der Waals surface area (Å²) < 4.78 is 5.41. The second kappa shape index (κ2) is 9.54. The van der Waals surface area contributed by atoms with Gasteiger partial charge in [-0.15, -0.1) is 0 Å². The van der Waals surface area contributed by atoms with E-state index >= 15 is 0 Å². The minimum atomic E-state index is -0.680. The molecule has 3 amide bonds. The predicted molar refractivity (Wildman–Crippen MR) is 120 cm³/mol. The highest BCUT2D eigenvalue weighted by Gasteiger charge is 2.41. The number of likely N-dealkylation sites (tertiary alicyclic amines) is 1. The van der Waals surface area contributed by atoms with E-state index in [1.807, 2.05) is 52.0 Å². The molecule has 1 saturated heterocycles. The van der Waals surface area contributed by atoms with Gasteiger partial charge in [-0.1, -0.05) is 45.0 Å². The minimum absolute atomic E-state index is 0.179. The van der Waals surface area contributed by atoms with Crippen LogP contribution in [0.3, 0.4) is 0 Å². The molecule has 0 radical (unpaired) electrons. The van der Waals surface area contributed by atoms with Crippen LogP contribution in [-0.2, 0) is 20.9 Å². The van der Waals surface area contributed by atoms with Crippen molar-refractivity contribution in [2.24, 2.45) is 5.41 Å². The standard InChI is InChI=1S/C24H32N4O4/c1-15-20(32-14-26-15)18-10-8-17(9-11-18)13-25-22(30)19-7-6-12-28(19)23(31)21(24(3,4)5)27-16(2)29/h8-11,14,19,21H,6-7,12-13H2,1-5H3,(H,25,30)(H,27,29)/t19-,21+/m1/s1. The van der Waals surface area contributed by atoms with Gasteiger partial charge in [0.1, 0.15) is 12.1 Å². The Morgan fingerprint density at radius 2 is 1.91 bits per heavy atom. The Balaban J connectivity index is 1.63. The minimum Gasteiger partial charge on any atom is -0.443 e. The van der Waals surface area contributed by atoms with Gasteiger partial charge in [-0.3, -0.25) is 14.4 Å². The Hall–Kier alpha value is -3.16. The first-order valence-electron chi connectivity index (χ1n) is 10.9. The third kappa shape index (κ3) is 5.36. The van der Waals surface area contributed by atoms with Crippen molar-refractivity contribution in [1.29, 1.82) is 0 Å². The van der Waals surface area contributed by atoms with Crippen LogP contribution in [0.1, 0.15) is 51.8 Å². The van der Waals surface area contributed by atoms with Crippen LogP contribution in [0.25, 0.3) is 11.3 Å². The summed E-state index contributed by atoms with van der Waals surface area (Å²) in [6, 6.07) is 6.52. The molecule has 1 aromatic heterocycles. The van der Waals surface area contributed by atoms with E-state index in [1.165, 1.54) is 13.3 Å². The van der Waals surface area contributed by atoms with Crippen molar-refractivity contribution >= 4 is 17.7 Å². The maximum atomic E-state index is 13.2. The van der Waals surface area contributed by atoms with E-state index in [1.54, 1.807) is 4.90 Å². The molecular weight excluding hydrogens is 408 g/mol. The number of nitrogens with zero attached hydrogens (tertiary/aromatic N) is 2. The molecule has 1 aromatic carbocycles. The number of rotatable bonds is 6. The van der Waals surface area contributed by atoms with Gasteiger partial charge in [0.2, 0.25) is 17.7 Å². The number of oxazole rings is 1. The molecule has 32 heavy (non-hydrogen) atoms. The summed E-state index contributed by atoms with van der Waals surface area (Å²) in [5.41, 5.74) is 2.23. The Morgan fingerprint density at radius 3 is 2.47 bits per heavy atom. The summed E-state index contributed by atoms with van der Waals surface area (Å²) in [5.74, 6) is 0.0781. The SMILES string of the molecule is CC(=O)N[C@@H](C(=O)N1CCC[C@@H]1C(=O)NCc1ccc(-c2ocnc2C)cc1)C(C)(C)C. The van der Waals surface area contributed by atoms with Crippen LogP contribution in [0.2, 0.25) is 0 Å². The van der Waals surface area contributed by atoms with E-state index in [9.17, 15) is 14.4 Å². The Kier molecular flexibility index (Phi) is 7.01. The highest BCUT2D eigenvalue weighted by atomic mass is 16.3. The number of carbonyl (C=O) groups is 3. The lowest BCUT2D eigenvalue weighted by molar-refractivity contribution is -0.143. The molecule has 0 unspecified atom stereocenters. The molecule has 2 N–H and O–H groups in total. The van der Waals surface area contributed by atoms with Gasteiger partial charge in [0.05, 0.1) is 5.69 Å². The Labute approximate surface area is 188 Å². The zero-order chi connectivity index (χ0) is 23.5. The van der Waals surface area contributed by atoms with Crippen LogP contribution in [0.4, 0.5) is 0 Å². The lowest BCUT2D eigenvalue weighted by atomic mass is 9.85. The summed E-state index contributed by atoms with van der Waals surface area (Å²) in [6.07, 6.45) is 2.79. The third-order valence-electron chi connectivity index (χ3n) is 5.73. The molecule has 8 heteroatoms. The highest BCUT2D eigenvalue weighted by Crippen LogP contribution is 2.26. The number of aryl methyl sites for hydroxylation is 1. The molecule has 0 spiro atoms. The van der Waals surface area contributed by atoms with Crippen LogP contribution in [0.5, 0.6) is 0 Å². The fourth-order valence-electron chi connectivity index (χ4n) is 3.98. The second-order valence-electron chi connectivity index (χ2n) is 9.37. The number of hydrogen-bond acceptors (Lipinski definition) is 5. The van der Waals surface area contributed by atoms with Gasteiger partial charge in [0.25, 0.3) is 0 Å². The molecule has 1 aliphatic heterocycles. The zero-order valence-corrected chi connectivity index (χ0v) is 19.4. The highest BCUT2D eigenvalue weighted by molar-refractivity contribution is 5.92. The lowest BCUT2D eigenvalue weighted by Crippen LogP contribution is -2.57. The first-order chi connectivity index (χ1) is 15.1. The number of amides is 3. The average molecular weight is 441 g/mol. The van der Waals surface area contributed by atoms with Gasteiger partial charge < -0.3 is 20.0 Å². The van der Waals surface area contributed by atoms with Gasteiger partial charge in [-0.2, -0.15) is 0 Å². The first-order valence-corrected chi connectivity index (χ1v) is 10.9. The molecule has 2 aromatic rings. The van der Waals surface area contributed by atoms with Crippen molar-refractivity contribution in [3.8, 4) is 11.3 Å². The van der Waals surface area contributed by atoms with Gasteiger partial charge in [-0.05, 0) is 30.7 Å². The normalized spacial score (nSPS) is 17.2. The van der Waals surface area contributed by atoms with Gasteiger partial charge in [0.15, 0.2) is 12.2 Å². The van der Waals surface area contributed by atoms with Gasteiger partial charge >= 0.3 is 0 Å². The fraction of sp³-hybridized carbons (Fsp3) is 0.500. The van der Waals surface area contributed by atoms with Crippen molar-refractivity contribution in [3.05, 3.63) is 41.9 Å². The van der Waals surface area contributed by atoms with E-state index in [-0.39, 0.29) is 17.7 Å². The topological polar surface area (TPSA) is 105 Å². The molecule has 0 aliphatic carbocycles. The molecule has 0 saturated carbocycles. The first kappa shape index (κ1) is 23.5. The number of aromatic nitrogens is 1. The van der Waals surface area contributed by atoms with Crippen LogP contribution >= 0.6 is 0 Å². The monoisotopic (exact) mass is 440 g/mol. The van der Waals surface area contributed by atoms with Crippen LogP contribution in [0.15, 0.2) is 35.1 Å². The van der Waals surface area contributed by atoms with E-state index in [4.69, 9.17) is 4.42 Å². The number of carbonyl (C=O) groups excluding carboxylic acids is 3. The Morgan fingerprint density at radius 1 is 1.22 bits per heavy atom. The zero-order valence-electron chi connectivity index (χ0n) is 19.4. The summed E-state index contributed by atoms with van der Waals surface area (Å²) >= 11 is 0. The van der Waals surface area contributed by atoms with E-state index in [2.05, 4.69) is 15.6 Å². The number of hydrogen-bond donors (Lipinski definition) is 2. The van der Waals surface area contributed by atoms with Gasteiger partial charge in [-0.25, -0.2) is 4.98 Å². The summed E-state index contributed by atoms with van der Waals surface area (Å²) in [5, 5.41) is 5.71. The predicted octanol–water partition coefficient (Wildman–Crippen LogP) is 2.81. The molecule has 1 fully saturated rings. The van der Waals surface area contributed by atoms with Crippen molar-refractivity contribution in [1.82, 2.24) is 20.5 Å². The van der Waals surface area contributed by atoms with Crippen LogP contribution < -0.4 is 10.6 Å². The van der Waals surface area contributed by atoms with Crippen molar-refractivity contribution < 1.29 is 18.8 Å². The quantitative estimate of drug-likeness (QED) is 0.719. The molecule has 0 bridgehead atoms. The summed E-state index contributed by atoms with van der Waals surface area (Å²) in [7, 11) is 0. The van der Waals surface area contributed by atoms with Crippen molar-refractivity contribution in [3.63, 3.8) is 0 Å². The maximum Gasteiger partial charge on any atom is 0.246 e. The van der Waals surface area contributed by atoms with Gasteiger partial charge in [0, 0.05) is 25.6 Å². The molecule has 1 aliphatic rings. The van der Waals surface area contributed by atoms with Crippen LogP contribution in [0, 0.1) is 12.3 Å². The van der Waals surface area contributed by atoms with Crippen molar-refractivity contribution in [2.45, 2.75) is 66.1 Å². The Bertz CT molecular complexity index is 975. The summed E-state index contributed by atoms with van der Waals surface area (Å²) in [6.45, 7) is 9.87.